The zero-order chi connectivity index (χ0) is 15.2. The lowest BCUT2D eigenvalue weighted by Crippen LogP contribution is -2.23. The molecule has 2 rings (SSSR count). The molecule has 0 unspecified atom stereocenters. The van der Waals surface area contributed by atoms with Crippen molar-refractivity contribution in [2.45, 2.75) is 6.54 Å². The Morgan fingerprint density at radius 2 is 2.00 bits per heavy atom. The molecule has 0 bridgehead atoms. The first-order valence-corrected chi connectivity index (χ1v) is 7.04. The second-order valence-electron chi connectivity index (χ2n) is 4.21. The Kier molecular flexibility index (Phi) is 5.16. The van der Waals surface area contributed by atoms with Crippen molar-refractivity contribution in [3.8, 4) is 11.5 Å². The van der Waals surface area contributed by atoms with E-state index in [4.69, 9.17) is 9.47 Å². The third-order valence-corrected chi connectivity index (χ3v) is 3.54. The maximum Gasteiger partial charge on any atom is 0.254 e. The van der Waals surface area contributed by atoms with E-state index in [9.17, 15) is 4.79 Å². The highest BCUT2D eigenvalue weighted by Crippen LogP contribution is 2.27. The summed E-state index contributed by atoms with van der Waals surface area (Å²) in [5.74, 6) is 1.10. The molecule has 1 N–H and O–H groups in total. The Labute approximate surface area is 131 Å². The van der Waals surface area contributed by atoms with Crippen molar-refractivity contribution in [2.24, 2.45) is 0 Å². The van der Waals surface area contributed by atoms with Crippen molar-refractivity contribution in [3.05, 3.63) is 52.3 Å². The van der Waals surface area contributed by atoms with Crippen LogP contribution in [0.15, 0.2) is 41.1 Å². The van der Waals surface area contributed by atoms with Gasteiger partial charge in [0.1, 0.15) is 4.60 Å². The number of benzene rings is 1. The quantitative estimate of drug-likeness (QED) is 0.842. The molecule has 0 aliphatic carbocycles. The number of methoxy groups -OCH3 is 2. The van der Waals surface area contributed by atoms with E-state index in [0.29, 0.717) is 28.2 Å². The molecular formula is C15H15BrN2O3. The molecular weight excluding hydrogens is 336 g/mol. The maximum absolute atomic E-state index is 12.1. The van der Waals surface area contributed by atoms with E-state index in [1.165, 1.54) is 0 Å². The molecule has 1 aromatic heterocycles. The van der Waals surface area contributed by atoms with E-state index in [1.54, 1.807) is 38.6 Å². The monoisotopic (exact) mass is 350 g/mol. The average Bonchev–Trinajstić information content (AvgIpc) is 2.52. The summed E-state index contributed by atoms with van der Waals surface area (Å²) in [4.78, 5) is 16.1. The molecule has 0 aliphatic heterocycles. The fraction of sp³-hybridized carbons (Fsp3) is 0.200. The van der Waals surface area contributed by atoms with Gasteiger partial charge in [0, 0.05) is 12.7 Å². The summed E-state index contributed by atoms with van der Waals surface area (Å²) >= 11 is 3.26. The summed E-state index contributed by atoms with van der Waals surface area (Å²) in [6.45, 7) is 0.389. The number of hydrogen-bond acceptors (Lipinski definition) is 4. The molecule has 1 amide bonds. The normalized spacial score (nSPS) is 10.0. The zero-order valence-electron chi connectivity index (χ0n) is 11.7. The minimum Gasteiger partial charge on any atom is -0.493 e. The Morgan fingerprint density at radius 1 is 1.24 bits per heavy atom. The van der Waals surface area contributed by atoms with Crippen molar-refractivity contribution in [3.63, 3.8) is 0 Å². The number of carbonyl (C=O) groups is 1. The van der Waals surface area contributed by atoms with Gasteiger partial charge in [-0.15, -0.1) is 0 Å². The number of nitrogens with one attached hydrogen (secondary N) is 1. The number of hydrogen-bond donors (Lipinski definition) is 1. The van der Waals surface area contributed by atoms with Crippen LogP contribution < -0.4 is 14.8 Å². The van der Waals surface area contributed by atoms with Gasteiger partial charge < -0.3 is 14.8 Å². The lowest BCUT2D eigenvalue weighted by atomic mass is 10.2. The average molecular weight is 351 g/mol. The van der Waals surface area contributed by atoms with E-state index in [2.05, 4.69) is 26.2 Å². The van der Waals surface area contributed by atoms with E-state index in [1.807, 2.05) is 12.1 Å². The highest BCUT2D eigenvalue weighted by atomic mass is 79.9. The standard InChI is InChI=1S/C15H15BrN2O3/c1-20-12-6-5-10(8-13(12)21-2)9-18-15(19)11-4-3-7-17-14(11)16/h3-8H,9H2,1-2H3,(H,18,19). The van der Waals surface area contributed by atoms with Crippen molar-refractivity contribution in [1.29, 1.82) is 0 Å². The van der Waals surface area contributed by atoms with Gasteiger partial charge in [0.05, 0.1) is 19.8 Å². The van der Waals surface area contributed by atoms with Crippen LogP contribution in [0.25, 0.3) is 0 Å². The number of carbonyl (C=O) groups excluding carboxylic acids is 1. The molecule has 0 saturated heterocycles. The molecule has 0 saturated carbocycles. The van der Waals surface area contributed by atoms with Gasteiger partial charge in [-0.2, -0.15) is 0 Å². The molecule has 110 valence electrons. The van der Waals surface area contributed by atoms with E-state index < -0.39 is 0 Å². The number of pyridine rings is 1. The topological polar surface area (TPSA) is 60.5 Å². The van der Waals surface area contributed by atoms with Gasteiger partial charge in [-0.1, -0.05) is 6.07 Å². The lowest BCUT2D eigenvalue weighted by Gasteiger charge is -2.10. The van der Waals surface area contributed by atoms with Gasteiger partial charge in [-0.05, 0) is 45.8 Å². The van der Waals surface area contributed by atoms with Gasteiger partial charge in [0.15, 0.2) is 11.5 Å². The van der Waals surface area contributed by atoms with Gasteiger partial charge >= 0.3 is 0 Å². The molecule has 6 heteroatoms. The number of ether oxygens (including phenoxy) is 2. The zero-order valence-corrected chi connectivity index (χ0v) is 13.3. The summed E-state index contributed by atoms with van der Waals surface area (Å²) < 4.78 is 10.9. The van der Waals surface area contributed by atoms with E-state index >= 15 is 0 Å². The summed E-state index contributed by atoms with van der Waals surface area (Å²) in [7, 11) is 3.16. The molecule has 0 atom stereocenters. The predicted octanol–water partition coefficient (Wildman–Crippen LogP) is 2.79. The van der Waals surface area contributed by atoms with Gasteiger partial charge in [0.25, 0.3) is 5.91 Å². The highest BCUT2D eigenvalue weighted by Gasteiger charge is 2.10. The van der Waals surface area contributed by atoms with Crippen LogP contribution in [0.5, 0.6) is 11.5 Å². The lowest BCUT2D eigenvalue weighted by molar-refractivity contribution is 0.0949. The molecule has 0 aliphatic rings. The molecule has 21 heavy (non-hydrogen) atoms. The minimum absolute atomic E-state index is 0.190. The number of amides is 1. The number of halogens is 1. The largest absolute Gasteiger partial charge is 0.493 e. The van der Waals surface area contributed by atoms with Crippen LogP contribution in [0, 0.1) is 0 Å². The summed E-state index contributed by atoms with van der Waals surface area (Å²) in [6.07, 6.45) is 1.62. The smallest absolute Gasteiger partial charge is 0.254 e. The second kappa shape index (κ2) is 7.08. The van der Waals surface area contributed by atoms with Crippen LogP contribution in [-0.4, -0.2) is 25.1 Å². The van der Waals surface area contributed by atoms with Crippen LogP contribution >= 0.6 is 15.9 Å². The maximum atomic E-state index is 12.1. The Balaban J connectivity index is 2.06. The minimum atomic E-state index is -0.190. The van der Waals surface area contributed by atoms with Gasteiger partial charge in [-0.3, -0.25) is 4.79 Å². The summed E-state index contributed by atoms with van der Waals surface area (Å²) in [6, 6.07) is 8.94. The Morgan fingerprint density at radius 3 is 2.67 bits per heavy atom. The van der Waals surface area contributed by atoms with Gasteiger partial charge in [0.2, 0.25) is 0 Å². The third kappa shape index (κ3) is 3.72. The highest BCUT2D eigenvalue weighted by molar-refractivity contribution is 9.10. The fourth-order valence-corrected chi connectivity index (χ4v) is 2.25. The molecule has 5 nitrogen and oxygen atoms in total. The number of aromatic nitrogens is 1. The van der Waals surface area contributed by atoms with Crippen LogP contribution in [-0.2, 0) is 6.54 Å². The first-order chi connectivity index (χ1) is 10.2. The van der Waals surface area contributed by atoms with E-state index in [-0.39, 0.29) is 5.91 Å². The summed E-state index contributed by atoms with van der Waals surface area (Å²) in [5, 5.41) is 2.84. The Bertz CT molecular complexity index is 647. The predicted molar refractivity (Wildman–Crippen MR) is 82.7 cm³/mol. The van der Waals surface area contributed by atoms with Crippen LogP contribution in [0.3, 0.4) is 0 Å². The first kappa shape index (κ1) is 15.3. The van der Waals surface area contributed by atoms with Crippen molar-refractivity contribution < 1.29 is 14.3 Å². The van der Waals surface area contributed by atoms with E-state index in [0.717, 1.165) is 5.56 Å². The number of nitrogens with zero attached hydrogens (tertiary/aromatic N) is 1. The number of rotatable bonds is 5. The van der Waals surface area contributed by atoms with Crippen molar-refractivity contribution in [1.82, 2.24) is 10.3 Å². The molecule has 0 radical (unpaired) electrons. The second-order valence-corrected chi connectivity index (χ2v) is 4.96. The fourth-order valence-electron chi connectivity index (χ4n) is 1.82. The molecule has 0 fully saturated rings. The SMILES string of the molecule is COc1ccc(CNC(=O)c2cccnc2Br)cc1OC. The molecule has 2 aromatic rings. The van der Waals surface area contributed by atoms with Crippen molar-refractivity contribution >= 4 is 21.8 Å². The van der Waals surface area contributed by atoms with Crippen LogP contribution in [0.4, 0.5) is 0 Å². The molecule has 1 heterocycles. The van der Waals surface area contributed by atoms with Crippen LogP contribution in [0.2, 0.25) is 0 Å². The van der Waals surface area contributed by atoms with Crippen molar-refractivity contribution in [2.75, 3.05) is 14.2 Å². The molecule has 1 aromatic carbocycles. The van der Waals surface area contributed by atoms with Crippen LogP contribution in [0.1, 0.15) is 15.9 Å². The summed E-state index contributed by atoms with van der Waals surface area (Å²) in [5.41, 5.74) is 1.42. The third-order valence-electron chi connectivity index (χ3n) is 2.90. The van der Waals surface area contributed by atoms with Gasteiger partial charge in [-0.25, -0.2) is 4.98 Å². The molecule has 0 spiro atoms. The first-order valence-electron chi connectivity index (χ1n) is 6.25. The Hall–Kier alpha value is -2.08.